The number of imidazole rings is 2. The first kappa shape index (κ1) is 36.8. The molecule has 2 unspecified atom stereocenters. The zero-order valence-electron chi connectivity index (χ0n) is 30.2. The minimum absolute atomic E-state index is 0.177. The molecule has 6 aromatic rings. The van der Waals surface area contributed by atoms with Crippen LogP contribution in [0.2, 0.25) is 0 Å². The molecule has 0 spiro atoms. The molecule has 0 aliphatic heterocycles. The fourth-order valence-electron chi connectivity index (χ4n) is 5.69. The Bertz CT molecular complexity index is 2180. The van der Waals surface area contributed by atoms with Crippen molar-refractivity contribution in [3.63, 3.8) is 0 Å². The van der Waals surface area contributed by atoms with Crippen LogP contribution < -0.4 is 18.9 Å². The third kappa shape index (κ3) is 7.48. The molecule has 268 valence electrons. The SMILES string of the molecule is COc1ccc2nc(S(C)(O)Cc3c(C)c(OC)c(C)c[n+]3[O-])[nH]c2c1.COc1ccc2nc(S(C)(O)Cc3ncc(C)c(C)c3C)[nH]c2c1. The molecule has 0 aliphatic rings. The highest BCUT2D eigenvalue weighted by Crippen LogP contribution is 2.51. The van der Waals surface area contributed by atoms with Crippen LogP contribution in [0.4, 0.5) is 0 Å². The third-order valence-electron chi connectivity index (χ3n) is 8.92. The number of ether oxygens (including phenoxy) is 3. The number of aromatic amines is 2. The van der Waals surface area contributed by atoms with Crippen LogP contribution in [-0.2, 0) is 11.5 Å². The van der Waals surface area contributed by atoms with Crippen LogP contribution in [0.15, 0.2) is 59.1 Å². The van der Waals surface area contributed by atoms with E-state index >= 15 is 0 Å². The zero-order chi connectivity index (χ0) is 36.5. The fourth-order valence-corrected chi connectivity index (χ4v) is 8.91. The number of hydrogen-bond donors (Lipinski definition) is 4. The molecule has 4 N–H and O–H groups in total. The highest BCUT2D eigenvalue weighted by molar-refractivity contribution is 8.28. The second-order valence-electron chi connectivity index (χ2n) is 12.6. The first-order chi connectivity index (χ1) is 23.6. The summed E-state index contributed by atoms with van der Waals surface area (Å²) in [6.07, 6.45) is 6.91. The molecule has 6 rings (SSSR count). The molecule has 4 heterocycles. The van der Waals surface area contributed by atoms with Crippen LogP contribution in [-0.4, -0.2) is 67.9 Å². The number of methoxy groups -OCH3 is 3. The number of benzene rings is 2. The lowest BCUT2D eigenvalue weighted by atomic mass is 10.1. The van der Waals surface area contributed by atoms with Crippen molar-refractivity contribution in [2.24, 2.45) is 0 Å². The number of aromatic nitrogens is 6. The Balaban J connectivity index is 0.000000195. The number of nitrogens with zero attached hydrogens (tertiary/aromatic N) is 4. The molecule has 0 radical (unpaired) electrons. The Labute approximate surface area is 295 Å². The molecule has 14 heteroatoms. The van der Waals surface area contributed by atoms with Gasteiger partial charge in [0.05, 0.1) is 66.0 Å². The topological polar surface area (TPSA) is 165 Å². The van der Waals surface area contributed by atoms with Crippen molar-refractivity contribution >= 4 is 42.7 Å². The highest BCUT2D eigenvalue weighted by atomic mass is 32.3. The first-order valence-corrected chi connectivity index (χ1v) is 20.1. The van der Waals surface area contributed by atoms with E-state index in [0.29, 0.717) is 33.3 Å². The monoisotopic (exact) mass is 722 g/mol. The molecule has 4 aromatic heterocycles. The second-order valence-corrected chi connectivity index (χ2v) is 18.1. The van der Waals surface area contributed by atoms with Gasteiger partial charge in [-0.2, -0.15) is 4.73 Å². The Kier molecular flexibility index (Phi) is 10.6. The van der Waals surface area contributed by atoms with Gasteiger partial charge >= 0.3 is 0 Å². The predicted octanol–water partition coefficient (Wildman–Crippen LogP) is 7.66. The summed E-state index contributed by atoms with van der Waals surface area (Å²) in [6.45, 7) is 9.85. The molecular weight excluding hydrogens is 677 g/mol. The fraction of sp³-hybridized carbons (Fsp3) is 0.333. The summed E-state index contributed by atoms with van der Waals surface area (Å²) in [4.78, 5) is 20.0. The lowest BCUT2D eigenvalue weighted by molar-refractivity contribution is -0.613. The van der Waals surface area contributed by atoms with Crippen molar-refractivity contribution in [1.82, 2.24) is 24.9 Å². The van der Waals surface area contributed by atoms with Gasteiger partial charge in [-0.15, -0.1) is 0 Å². The quantitative estimate of drug-likeness (QED) is 0.0866. The number of aryl methyl sites for hydroxylation is 2. The predicted molar refractivity (Wildman–Crippen MR) is 201 cm³/mol. The number of nitrogens with one attached hydrogen (secondary N) is 2. The summed E-state index contributed by atoms with van der Waals surface area (Å²) < 4.78 is 38.9. The number of rotatable bonds is 9. The van der Waals surface area contributed by atoms with E-state index in [2.05, 4.69) is 45.7 Å². The van der Waals surface area contributed by atoms with Gasteiger partial charge in [0.15, 0.2) is 16.5 Å². The Morgan fingerprint density at radius 1 is 0.720 bits per heavy atom. The zero-order valence-corrected chi connectivity index (χ0v) is 31.8. The van der Waals surface area contributed by atoms with Crippen LogP contribution in [0.25, 0.3) is 22.1 Å². The largest absolute Gasteiger partial charge is 0.618 e. The van der Waals surface area contributed by atoms with E-state index in [1.807, 2.05) is 62.7 Å². The minimum atomic E-state index is -2.36. The number of H-pyrrole nitrogens is 2. The Morgan fingerprint density at radius 3 is 1.74 bits per heavy atom. The average Bonchev–Trinajstić information content (AvgIpc) is 3.72. The van der Waals surface area contributed by atoms with Crippen LogP contribution in [0.1, 0.15) is 39.2 Å². The molecule has 0 aliphatic carbocycles. The highest BCUT2D eigenvalue weighted by Gasteiger charge is 2.29. The summed E-state index contributed by atoms with van der Waals surface area (Å²) in [6, 6.07) is 11.1. The summed E-state index contributed by atoms with van der Waals surface area (Å²) in [5.74, 6) is 2.79. The maximum absolute atomic E-state index is 12.4. The van der Waals surface area contributed by atoms with E-state index in [0.717, 1.165) is 54.9 Å². The van der Waals surface area contributed by atoms with Crippen LogP contribution in [0, 0.1) is 39.8 Å². The van der Waals surface area contributed by atoms with Crippen molar-refractivity contribution in [1.29, 1.82) is 0 Å². The molecule has 0 amide bonds. The van der Waals surface area contributed by atoms with E-state index < -0.39 is 20.6 Å². The third-order valence-corrected chi connectivity index (χ3v) is 12.6. The Morgan fingerprint density at radius 2 is 1.24 bits per heavy atom. The molecule has 0 bridgehead atoms. The number of fused-ring (bicyclic) bond motifs is 2. The minimum Gasteiger partial charge on any atom is -0.618 e. The maximum atomic E-state index is 12.4. The van der Waals surface area contributed by atoms with Gasteiger partial charge < -0.3 is 38.5 Å². The van der Waals surface area contributed by atoms with Crippen molar-refractivity contribution in [2.45, 2.75) is 56.4 Å². The van der Waals surface area contributed by atoms with E-state index in [9.17, 15) is 14.3 Å². The molecule has 0 saturated carbocycles. The average molecular weight is 723 g/mol. The normalized spacial score (nSPS) is 15.0. The lowest BCUT2D eigenvalue weighted by Gasteiger charge is -2.27. The van der Waals surface area contributed by atoms with Gasteiger partial charge in [-0.1, -0.05) is 20.6 Å². The molecule has 2 atom stereocenters. The van der Waals surface area contributed by atoms with Crippen LogP contribution in [0.5, 0.6) is 17.2 Å². The van der Waals surface area contributed by atoms with Gasteiger partial charge in [-0.3, -0.25) is 4.98 Å². The molecule has 2 aromatic carbocycles. The van der Waals surface area contributed by atoms with Gasteiger partial charge in [0, 0.05) is 24.1 Å². The van der Waals surface area contributed by atoms with Gasteiger partial charge in [0.1, 0.15) is 17.2 Å². The molecule has 0 fully saturated rings. The second kappa shape index (κ2) is 14.4. The molecule has 0 saturated heterocycles. The van der Waals surface area contributed by atoms with Gasteiger partial charge in [-0.05, 0) is 88.1 Å². The van der Waals surface area contributed by atoms with Gasteiger partial charge in [0.25, 0.3) is 0 Å². The van der Waals surface area contributed by atoms with Gasteiger partial charge in [0.2, 0.25) is 5.69 Å². The van der Waals surface area contributed by atoms with E-state index in [1.54, 1.807) is 27.6 Å². The lowest BCUT2D eigenvalue weighted by Crippen LogP contribution is -2.34. The molecule has 50 heavy (non-hydrogen) atoms. The van der Waals surface area contributed by atoms with Crippen LogP contribution in [0.3, 0.4) is 0 Å². The van der Waals surface area contributed by atoms with Crippen molar-refractivity contribution in [3.05, 3.63) is 93.2 Å². The molecular formula is C36H46N6O6S2. The van der Waals surface area contributed by atoms with E-state index in [1.165, 1.54) is 17.3 Å². The summed E-state index contributed by atoms with van der Waals surface area (Å²) in [5.41, 5.74) is 9.63. The van der Waals surface area contributed by atoms with Crippen molar-refractivity contribution < 1.29 is 28.0 Å². The molecule has 12 nitrogen and oxygen atoms in total. The maximum Gasteiger partial charge on any atom is 0.210 e. The van der Waals surface area contributed by atoms with Crippen molar-refractivity contribution in [2.75, 3.05) is 33.8 Å². The smallest absolute Gasteiger partial charge is 0.210 e. The van der Waals surface area contributed by atoms with Crippen LogP contribution >= 0.6 is 20.6 Å². The number of hydrogen-bond acceptors (Lipinski definition) is 9. The van der Waals surface area contributed by atoms with E-state index in [-0.39, 0.29) is 5.75 Å². The number of pyridine rings is 2. The summed E-state index contributed by atoms with van der Waals surface area (Å²) in [5, 5.41) is 13.5. The van der Waals surface area contributed by atoms with E-state index in [4.69, 9.17) is 14.2 Å². The Hall–Kier alpha value is -4.50. The van der Waals surface area contributed by atoms with Gasteiger partial charge in [-0.25, -0.2) is 9.97 Å². The standard InChI is InChI=1S/C18H23N3O4S.C18H23N3O2S/c1-11-9-21(22)16(12(2)17(11)25-4)10-26(5,23)18-19-14-7-6-13(24-3)8-15(14)20-18;1-11-9-19-17(13(3)12(11)2)10-24(5,22)18-20-15-7-6-14(23-4)8-16(15)21-18/h6-9,23H,10H2,1-5H3,(H,19,20);6-9,22H,10H2,1-5H3,(H,20,21). The summed E-state index contributed by atoms with van der Waals surface area (Å²) >= 11 is 0. The van der Waals surface area contributed by atoms with Crippen molar-refractivity contribution in [3.8, 4) is 17.2 Å². The summed E-state index contributed by atoms with van der Waals surface area (Å²) in [7, 11) is 0.328. The first-order valence-electron chi connectivity index (χ1n) is 15.8.